The van der Waals surface area contributed by atoms with Crippen molar-refractivity contribution in [3.8, 4) is 0 Å². The highest BCUT2D eigenvalue weighted by molar-refractivity contribution is 5.69. The summed E-state index contributed by atoms with van der Waals surface area (Å²) in [5.41, 5.74) is 0. The molecule has 226 valence electrons. The fraction of sp³-hybridized carbons (Fsp3) is 0.464. The number of unbranched alkanes of at least 4 members (excludes halogenated alkanes) is 8. The van der Waals surface area contributed by atoms with E-state index < -0.39 is 0 Å². The quantitative estimate of drug-likeness (QED) is 0.0396. The van der Waals surface area contributed by atoms with E-state index in [1.807, 2.05) is 0 Å². The first kappa shape index (κ1) is 51.6. The zero-order chi connectivity index (χ0) is 31.1. The smallest absolute Gasteiger partial charge is 0.305 e. The van der Waals surface area contributed by atoms with E-state index in [1.54, 1.807) is 0 Å². The highest BCUT2D eigenvalue weighted by atomic mass is 17.9. The third-order valence-electron chi connectivity index (χ3n) is 3.16. The molecule has 0 rings (SSSR count). The summed E-state index contributed by atoms with van der Waals surface area (Å²) >= 11 is 0. The van der Waals surface area contributed by atoms with E-state index in [1.165, 1.54) is 44.9 Å². The van der Waals surface area contributed by atoms with E-state index >= 15 is 0 Å². The molecule has 0 bridgehead atoms. The summed E-state index contributed by atoms with van der Waals surface area (Å²) in [7, 11) is 0. The molecule has 0 amide bonds. The van der Waals surface area contributed by atoms with Crippen molar-refractivity contribution in [1.82, 2.24) is 0 Å². The summed E-state index contributed by atoms with van der Waals surface area (Å²) < 4.78 is 4.77. The van der Waals surface area contributed by atoms with Gasteiger partial charge < -0.3 is 19.6 Å². The fourth-order valence-electron chi connectivity index (χ4n) is 1.93. The van der Waals surface area contributed by atoms with Gasteiger partial charge in [-0.05, 0) is 6.42 Å². The molecule has 0 aromatic heterocycles. The SMILES string of the molecule is C=C.C=C.C=C.C=C.C=C.C=COOOOOOOC=C.CCCCCCCCCCCC(=O)OCCO. The van der Waals surface area contributed by atoms with Crippen LogP contribution in [-0.2, 0) is 44.5 Å². The second-order valence-electron chi connectivity index (χ2n) is 5.39. The van der Waals surface area contributed by atoms with Gasteiger partial charge in [0.05, 0.1) is 6.61 Å². The molecule has 0 saturated heterocycles. The van der Waals surface area contributed by atoms with E-state index in [2.05, 4.69) is 121 Å². The lowest BCUT2D eigenvalue weighted by molar-refractivity contribution is -0.782. The molecule has 10 heteroatoms. The van der Waals surface area contributed by atoms with Crippen molar-refractivity contribution in [3.63, 3.8) is 0 Å². The second kappa shape index (κ2) is 76.5. The van der Waals surface area contributed by atoms with Crippen LogP contribution >= 0.6 is 0 Å². The topological polar surface area (TPSA) is 111 Å². The van der Waals surface area contributed by atoms with Gasteiger partial charge in [-0.2, -0.15) is 0 Å². The van der Waals surface area contributed by atoms with Crippen LogP contribution in [-0.4, -0.2) is 24.3 Å². The number of hydrogen-bond donors (Lipinski definition) is 1. The van der Waals surface area contributed by atoms with Crippen molar-refractivity contribution >= 4 is 5.97 Å². The minimum absolute atomic E-state index is 0.0799. The molecule has 1 N–H and O–H groups in total. The highest BCUT2D eigenvalue weighted by Gasteiger charge is 2.01. The molecule has 0 aliphatic carbocycles. The van der Waals surface area contributed by atoms with Crippen LogP contribution in [0.5, 0.6) is 0 Å². The summed E-state index contributed by atoms with van der Waals surface area (Å²) in [6.45, 7) is 38.5. The van der Waals surface area contributed by atoms with Gasteiger partial charge in [0.2, 0.25) is 0 Å². The summed E-state index contributed by atoms with van der Waals surface area (Å²) in [5, 5.41) is 26.9. The molecule has 0 saturated carbocycles. The summed E-state index contributed by atoms with van der Waals surface area (Å²) in [6.07, 6.45) is 13.6. The maximum atomic E-state index is 11.1. The fourth-order valence-corrected chi connectivity index (χ4v) is 1.93. The molecule has 0 aliphatic rings. The number of esters is 1. The normalized spacial score (nSPS) is 7.74. The lowest BCUT2D eigenvalue weighted by Gasteiger charge is -2.03. The average Bonchev–Trinajstić information content (AvgIpc) is 3.00. The number of carbonyl (C=O) groups excluding carboxylic acids is 1. The second-order valence-corrected chi connectivity index (χ2v) is 5.39. The third-order valence-corrected chi connectivity index (χ3v) is 3.16. The lowest BCUT2D eigenvalue weighted by atomic mass is 10.1. The van der Waals surface area contributed by atoms with Gasteiger partial charge in [0.1, 0.15) is 19.1 Å². The molecular weight excluding hydrogens is 496 g/mol. The Kier molecular flexibility index (Phi) is 104. The highest BCUT2D eigenvalue weighted by Crippen LogP contribution is 2.10. The van der Waals surface area contributed by atoms with Crippen molar-refractivity contribution in [3.05, 3.63) is 91.5 Å². The first-order valence-electron chi connectivity index (χ1n) is 11.9. The Morgan fingerprint density at radius 1 is 0.605 bits per heavy atom. The molecular formula is C28H54O10. The first-order valence-corrected chi connectivity index (χ1v) is 11.9. The Morgan fingerprint density at radius 2 is 0.947 bits per heavy atom. The van der Waals surface area contributed by atoms with Crippen LogP contribution in [0.3, 0.4) is 0 Å². The maximum absolute atomic E-state index is 11.1. The zero-order valence-electron chi connectivity index (χ0n) is 23.7. The van der Waals surface area contributed by atoms with E-state index in [0.717, 1.165) is 25.4 Å². The number of ether oxygens (including phenoxy) is 1. The molecule has 0 spiro atoms. The predicted octanol–water partition coefficient (Wildman–Crippen LogP) is 8.33. The lowest BCUT2D eigenvalue weighted by Crippen LogP contribution is -2.07. The largest absolute Gasteiger partial charge is 0.463 e. The van der Waals surface area contributed by atoms with Crippen molar-refractivity contribution in [2.75, 3.05) is 13.2 Å². The van der Waals surface area contributed by atoms with Gasteiger partial charge in [0.15, 0.2) is 0 Å². The van der Waals surface area contributed by atoms with Crippen molar-refractivity contribution in [2.45, 2.75) is 71.1 Å². The summed E-state index contributed by atoms with van der Waals surface area (Å²) in [4.78, 5) is 19.0. The van der Waals surface area contributed by atoms with Crippen molar-refractivity contribution in [2.24, 2.45) is 0 Å². The first-order chi connectivity index (χ1) is 18.7. The number of rotatable bonds is 20. The predicted molar refractivity (Wildman–Crippen MR) is 154 cm³/mol. The Bertz CT molecular complexity index is 385. The third kappa shape index (κ3) is 84.5. The monoisotopic (exact) mass is 550 g/mol. The molecule has 38 heavy (non-hydrogen) atoms. The summed E-state index contributed by atoms with van der Waals surface area (Å²) in [5.74, 6) is -0.179. The van der Waals surface area contributed by atoms with Gasteiger partial charge in [-0.3, -0.25) is 4.79 Å². The van der Waals surface area contributed by atoms with Crippen molar-refractivity contribution in [1.29, 1.82) is 0 Å². The molecule has 0 radical (unpaired) electrons. The van der Waals surface area contributed by atoms with Gasteiger partial charge in [-0.1, -0.05) is 71.4 Å². The molecule has 0 fully saturated rings. The number of aliphatic hydroxyl groups excluding tert-OH is 1. The van der Waals surface area contributed by atoms with Crippen LogP contribution in [0.2, 0.25) is 0 Å². The van der Waals surface area contributed by atoms with Gasteiger partial charge in [0, 0.05) is 31.6 Å². The molecule has 0 unspecified atom stereocenters. The Morgan fingerprint density at radius 3 is 1.29 bits per heavy atom. The molecule has 0 atom stereocenters. The molecule has 0 heterocycles. The van der Waals surface area contributed by atoms with E-state index in [0.29, 0.717) is 6.42 Å². The van der Waals surface area contributed by atoms with Crippen LogP contribution in [0, 0.1) is 0 Å². The Hall–Kier alpha value is -2.99. The summed E-state index contributed by atoms with van der Waals surface area (Å²) in [6, 6.07) is 0. The van der Waals surface area contributed by atoms with Crippen LogP contribution < -0.4 is 0 Å². The minimum Gasteiger partial charge on any atom is -0.463 e. The number of aliphatic hydroxyl groups is 1. The van der Waals surface area contributed by atoms with Gasteiger partial charge in [0.25, 0.3) is 0 Å². The van der Waals surface area contributed by atoms with Crippen LogP contribution in [0.25, 0.3) is 0 Å². The van der Waals surface area contributed by atoms with Crippen LogP contribution in [0.1, 0.15) is 71.1 Å². The maximum Gasteiger partial charge on any atom is 0.305 e. The van der Waals surface area contributed by atoms with Crippen LogP contribution in [0.15, 0.2) is 91.5 Å². The Balaban J connectivity index is -0.0000000788. The number of carbonyl (C=O) groups is 1. The van der Waals surface area contributed by atoms with Gasteiger partial charge in [-0.25, -0.2) is 0 Å². The van der Waals surface area contributed by atoms with E-state index in [-0.39, 0.29) is 19.2 Å². The standard InChI is InChI=1S/C14H28O3.C4H6O7.5C2H4/c1-2-3-4-5-6-7-8-9-10-11-14(16)17-13-12-15;1-3-5-7-9-11-10-8-6-4-2;5*1-2/h15H,2-13H2,1H3;3-4H,1-2H2;5*1-2H2. The molecule has 0 aromatic rings. The van der Waals surface area contributed by atoms with Gasteiger partial charge in [-0.15, -0.1) is 65.8 Å². The van der Waals surface area contributed by atoms with Gasteiger partial charge >= 0.3 is 5.97 Å². The zero-order valence-corrected chi connectivity index (χ0v) is 23.7. The molecule has 0 aliphatic heterocycles. The van der Waals surface area contributed by atoms with E-state index in [4.69, 9.17) is 9.84 Å². The van der Waals surface area contributed by atoms with Crippen LogP contribution in [0.4, 0.5) is 0 Å². The van der Waals surface area contributed by atoms with E-state index in [9.17, 15) is 4.79 Å². The van der Waals surface area contributed by atoms with Crippen molar-refractivity contribution < 1.29 is 49.6 Å². The minimum atomic E-state index is -0.179. The molecule has 0 aromatic carbocycles. The average molecular weight is 551 g/mol. The number of hydrogen-bond acceptors (Lipinski definition) is 10. The Labute approximate surface area is 231 Å². The molecule has 10 nitrogen and oxygen atoms in total.